The summed E-state index contributed by atoms with van der Waals surface area (Å²) in [6.07, 6.45) is 0.0365. The van der Waals surface area contributed by atoms with Crippen molar-refractivity contribution in [2.24, 2.45) is 17.6 Å². The highest BCUT2D eigenvalue weighted by molar-refractivity contribution is 6.24. The lowest BCUT2D eigenvalue weighted by atomic mass is 9.57. The van der Waals surface area contributed by atoms with Crippen molar-refractivity contribution in [3.63, 3.8) is 0 Å². The van der Waals surface area contributed by atoms with E-state index in [1.54, 1.807) is 0 Å². The molecule has 0 bridgehead atoms. The third-order valence-electron chi connectivity index (χ3n) is 7.21. The van der Waals surface area contributed by atoms with Crippen molar-refractivity contribution >= 4 is 34.8 Å². The molecule has 3 aliphatic rings. The summed E-state index contributed by atoms with van der Waals surface area (Å²) in [6.45, 7) is 1.22. The second kappa shape index (κ2) is 8.35. The van der Waals surface area contributed by atoms with E-state index >= 15 is 0 Å². The average molecular weight is 501 g/mol. The molecular weight excluding hydrogens is 474 g/mol. The molecule has 4 rings (SSSR count). The summed E-state index contributed by atoms with van der Waals surface area (Å²) < 4.78 is 5.41. The molecule has 3 aliphatic carbocycles. The first-order valence-corrected chi connectivity index (χ1v) is 11.1. The van der Waals surface area contributed by atoms with Crippen molar-refractivity contribution in [2.45, 2.75) is 31.4 Å². The Kier molecular flexibility index (Phi) is 5.84. The topological polar surface area (TPSA) is 200 Å². The summed E-state index contributed by atoms with van der Waals surface area (Å²) in [6, 6.07) is 0.217. The van der Waals surface area contributed by atoms with Gasteiger partial charge in [0, 0.05) is 30.0 Å². The van der Waals surface area contributed by atoms with Crippen LogP contribution in [0.2, 0.25) is 0 Å². The van der Waals surface area contributed by atoms with E-state index in [1.807, 2.05) is 0 Å². The van der Waals surface area contributed by atoms with Gasteiger partial charge in [-0.1, -0.05) is 0 Å². The van der Waals surface area contributed by atoms with Crippen molar-refractivity contribution in [1.82, 2.24) is 4.90 Å². The van der Waals surface area contributed by atoms with E-state index < -0.39 is 69.7 Å². The number of Topliss-reactive ketones (excluding diaryl/α,β-unsaturated/α-hetero) is 2. The molecule has 36 heavy (non-hydrogen) atoms. The summed E-state index contributed by atoms with van der Waals surface area (Å²) in [5.74, 6) is -7.77. The molecule has 2 amide bonds. The van der Waals surface area contributed by atoms with Crippen LogP contribution in [0.1, 0.15) is 24.5 Å². The van der Waals surface area contributed by atoms with Crippen LogP contribution in [0.25, 0.3) is 5.76 Å². The van der Waals surface area contributed by atoms with Gasteiger partial charge in [-0.2, -0.15) is 0 Å². The van der Waals surface area contributed by atoms with Crippen molar-refractivity contribution in [3.8, 4) is 11.5 Å². The number of primary amides is 1. The van der Waals surface area contributed by atoms with Gasteiger partial charge < -0.3 is 36.2 Å². The number of nitrogens with one attached hydrogen (secondary N) is 1. The predicted octanol–water partition coefficient (Wildman–Crippen LogP) is -0.0690. The number of aliphatic hydroxyl groups excluding tert-OH is 2. The van der Waals surface area contributed by atoms with Gasteiger partial charge in [0.25, 0.3) is 5.91 Å². The van der Waals surface area contributed by atoms with E-state index in [9.17, 15) is 39.6 Å². The van der Waals surface area contributed by atoms with E-state index in [1.165, 1.54) is 39.1 Å². The number of likely N-dealkylation sites (N-methyl/N-ethyl adjacent to an activating group) is 1. The van der Waals surface area contributed by atoms with Gasteiger partial charge in [-0.05, 0) is 32.9 Å². The molecule has 0 aromatic heterocycles. The van der Waals surface area contributed by atoms with Crippen LogP contribution in [0, 0.1) is 11.8 Å². The minimum Gasteiger partial charge on any atom is -0.508 e. The third-order valence-corrected chi connectivity index (χ3v) is 7.21. The van der Waals surface area contributed by atoms with Gasteiger partial charge in [-0.25, -0.2) is 0 Å². The van der Waals surface area contributed by atoms with Gasteiger partial charge in [0.15, 0.2) is 17.1 Å². The molecule has 0 spiro atoms. The Bertz CT molecular complexity index is 1300. The third kappa shape index (κ3) is 3.28. The number of hydrogen-bond acceptors (Lipinski definition) is 10. The molecule has 12 nitrogen and oxygen atoms in total. The number of methoxy groups -OCH3 is 1. The Morgan fingerprint density at radius 2 is 1.86 bits per heavy atom. The van der Waals surface area contributed by atoms with Crippen LogP contribution in [-0.2, 0) is 25.6 Å². The quantitative estimate of drug-likeness (QED) is 0.240. The predicted molar refractivity (Wildman–Crippen MR) is 125 cm³/mol. The number of carbonyl (C=O) groups excluding carboxylic acids is 4. The normalized spacial score (nSPS) is 27.4. The standard InChI is InChI=1S/C24H27N3O9/c1-8(28)26-12-7-13(36-4)10-5-9-6-11-17(27(2)3)20(31)16(23(25)34)22(33)24(11,35)21(32)14(9)19(30)15(10)18(12)29/h7,9,11,17,29-30,33,35H,5-6H2,1-4H3,(H2,25,34)(H,26,28)/t9-,11-,17-,24-/m0/s1. The molecule has 0 heterocycles. The summed E-state index contributed by atoms with van der Waals surface area (Å²) in [7, 11) is 4.41. The number of phenolic OH excluding ortho intramolecular Hbond substituents is 1. The maximum absolute atomic E-state index is 13.8. The molecule has 0 unspecified atom stereocenters. The van der Waals surface area contributed by atoms with Crippen molar-refractivity contribution in [2.75, 3.05) is 26.5 Å². The second-order valence-corrected chi connectivity index (χ2v) is 9.47. The molecule has 1 saturated carbocycles. The Morgan fingerprint density at radius 3 is 2.39 bits per heavy atom. The first kappa shape index (κ1) is 25.2. The zero-order valence-corrected chi connectivity index (χ0v) is 20.1. The molecule has 7 N–H and O–H groups in total. The Morgan fingerprint density at radius 1 is 1.22 bits per heavy atom. The maximum Gasteiger partial charge on any atom is 0.255 e. The van der Waals surface area contributed by atoms with Gasteiger partial charge in [-0.3, -0.25) is 24.1 Å². The van der Waals surface area contributed by atoms with Gasteiger partial charge in [0.05, 0.1) is 24.4 Å². The molecular formula is C24H27N3O9. The summed E-state index contributed by atoms with van der Waals surface area (Å²) >= 11 is 0. The van der Waals surface area contributed by atoms with Crippen LogP contribution in [0.5, 0.6) is 11.5 Å². The van der Waals surface area contributed by atoms with Crippen molar-refractivity contribution in [3.05, 3.63) is 34.1 Å². The monoisotopic (exact) mass is 501 g/mol. The number of fused-ring (bicyclic) bond motifs is 3. The molecule has 12 heteroatoms. The number of carbonyl (C=O) groups is 4. The van der Waals surface area contributed by atoms with Crippen LogP contribution in [0.3, 0.4) is 0 Å². The zero-order chi connectivity index (χ0) is 26.9. The lowest BCUT2D eigenvalue weighted by Gasteiger charge is -2.50. The second-order valence-electron chi connectivity index (χ2n) is 9.47. The van der Waals surface area contributed by atoms with E-state index in [4.69, 9.17) is 10.5 Å². The van der Waals surface area contributed by atoms with Crippen molar-refractivity contribution in [1.29, 1.82) is 0 Å². The van der Waals surface area contributed by atoms with Crippen LogP contribution in [-0.4, -0.2) is 81.6 Å². The number of ketones is 2. The number of hydrogen-bond donors (Lipinski definition) is 6. The molecule has 0 aliphatic heterocycles. The summed E-state index contributed by atoms with van der Waals surface area (Å²) in [5.41, 5.74) is 1.52. The summed E-state index contributed by atoms with van der Waals surface area (Å²) in [4.78, 5) is 51.9. The van der Waals surface area contributed by atoms with Crippen LogP contribution in [0.4, 0.5) is 5.69 Å². The van der Waals surface area contributed by atoms with E-state index in [-0.39, 0.29) is 35.4 Å². The highest BCUT2D eigenvalue weighted by Crippen LogP contribution is 2.54. The number of rotatable bonds is 4. The van der Waals surface area contributed by atoms with Gasteiger partial charge >= 0.3 is 0 Å². The number of phenols is 1. The Balaban J connectivity index is 1.99. The van der Waals surface area contributed by atoms with E-state index in [0.717, 1.165) is 0 Å². The molecule has 1 fully saturated rings. The first-order chi connectivity index (χ1) is 16.8. The highest BCUT2D eigenvalue weighted by Gasteiger charge is 2.64. The van der Waals surface area contributed by atoms with Gasteiger partial charge in [0.2, 0.25) is 11.7 Å². The molecule has 4 atom stereocenters. The van der Waals surface area contributed by atoms with Gasteiger partial charge in [0.1, 0.15) is 22.8 Å². The number of aliphatic hydroxyl groups is 3. The molecule has 0 saturated heterocycles. The largest absolute Gasteiger partial charge is 0.508 e. The number of benzene rings is 1. The lowest BCUT2D eigenvalue weighted by Crippen LogP contribution is -2.65. The average Bonchev–Trinajstić information content (AvgIpc) is 2.77. The molecule has 1 aromatic carbocycles. The minimum atomic E-state index is -2.72. The molecule has 192 valence electrons. The smallest absolute Gasteiger partial charge is 0.255 e. The fraction of sp³-hybridized carbons (Fsp3) is 0.417. The van der Waals surface area contributed by atoms with E-state index in [0.29, 0.717) is 5.56 Å². The lowest BCUT2D eigenvalue weighted by molar-refractivity contribution is -0.153. The van der Waals surface area contributed by atoms with Crippen molar-refractivity contribution < 1.29 is 44.3 Å². The SMILES string of the molecule is COc1cc(NC(C)=O)c(O)c2c1C[C@H]1C[C@H]3[C@H](N(C)C)C(=O)C(C(N)=O)=C(O)[C@@]3(O)C(=O)C1=C2O. The van der Waals surface area contributed by atoms with Crippen LogP contribution < -0.4 is 15.8 Å². The fourth-order valence-electron chi connectivity index (χ4n) is 5.74. The first-order valence-electron chi connectivity index (χ1n) is 11.1. The maximum atomic E-state index is 13.8. The molecule has 0 radical (unpaired) electrons. The minimum absolute atomic E-state index is 0.0386. The number of amides is 2. The Labute approximate surface area is 205 Å². The number of aromatic hydroxyl groups is 1. The molecule has 1 aromatic rings. The van der Waals surface area contributed by atoms with Crippen LogP contribution in [0.15, 0.2) is 23.0 Å². The fourth-order valence-corrected chi connectivity index (χ4v) is 5.74. The summed E-state index contributed by atoms with van der Waals surface area (Å²) in [5, 5.41) is 46.9. The number of ether oxygens (including phenoxy) is 1. The van der Waals surface area contributed by atoms with Crippen LogP contribution >= 0.6 is 0 Å². The highest BCUT2D eigenvalue weighted by atomic mass is 16.5. The number of nitrogens with zero attached hydrogens (tertiary/aromatic N) is 1. The zero-order valence-electron chi connectivity index (χ0n) is 20.1. The number of nitrogens with two attached hydrogens (primary N) is 1. The number of anilines is 1. The van der Waals surface area contributed by atoms with E-state index in [2.05, 4.69) is 5.32 Å². The van der Waals surface area contributed by atoms with Gasteiger partial charge in [-0.15, -0.1) is 0 Å². The Hall–Kier alpha value is -3.90.